The van der Waals surface area contributed by atoms with Gasteiger partial charge >= 0.3 is 0 Å². The van der Waals surface area contributed by atoms with Gasteiger partial charge in [-0.3, -0.25) is 0 Å². The molecule has 0 fully saturated rings. The molecule has 3 rings (SSSR count). The van der Waals surface area contributed by atoms with Crippen LogP contribution in [0.1, 0.15) is 35.6 Å². The lowest BCUT2D eigenvalue weighted by atomic mass is 10.1. The number of aryl methyl sites for hydroxylation is 2. The van der Waals surface area contributed by atoms with Crippen LogP contribution in [0.15, 0.2) is 72.8 Å². The van der Waals surface area contributed by atoms with Gasteiger partial charge in [-0.1, -0.05) is 66.2 Å². The third-order valence-corrected chi connectivity index (χ3v) is 5.11. The lowest BCUT2D eigenvalue weighted by Crippen LogP contribution is -2.26. The van der Waals surface area contributed by atoms with E-state index in [1.54, 1.807) is 7.11 Å². The van der Waals surface area contributed by atoms with E-state index in [0.29, 0.717) is 12.6 Å². The van der Waals surface area contributed by atoms with Crippen molar-refractivity contribution in [3.05, 3.63) is 95.1 Å². The molecule has 0 saturated carbocycles. The highest BCUT2D eigenvalue weighted by Gasteiger charge is 2.08. The van der Waals surface area contributed by atoms with E-state index < -0.39 is 0 Å². The smallest absolute Gasteiger partial charge is 0.161 e. The van der Waals surface area contributed by atoms with Gasteiger partial charge in [0.1, 0.15) is 6.61 Å². The Kier molecular flexibility index (Phi) is 7.71. The molecule has 0 aliphatic carbocycles. The maximum absolute atomic E-state index is 5.98. The van der Waals surface area contributed by atoms with E-state index in [0.717, 1.165) is 36.4 Å². The second-order valence-electron chi connectivity index (χ2n) is 7.57. The van der Waals surface area contributed by atoms with Gasteiger partial charge in [-0.2, -0.15) is 0 Å². The molecular formula is C26H31NO2. The molecule has 152 valence electrons. The summed E-state index contributed by atoms with van der Waals surface area (Å²) in [6.07, 6.45) is 2.20. The van der Waals surface area contributed by atoms with Gasteiger partial charge in [0.25, 0.3) is 0 Å². The first-order valence-electron chi connectivity index (χ1n) is 10.3. The zero-order chi connectivity index (χ0) is 20.5. The molecule has 0 spiro atoms. The molecule has 0 saturated heterocycles. The Hall–Kier alpha value is -2.78. The SMILES string of the molecule is COc1cc(CNC(C)CCc2ccccc2)ccc1OCc1ccc(C)cc1. The summed E-state index contributed by atoms with van der Waals surface area (Å²) >= 11 is 0. The van der Waals surface area contributed by atoms with Crippen LogP contribution in [0.2, 0.25) is 0 Å². The van der Waals surface area contributed by atoms with Crippen LogP contribution in [-0.4, -0.2) is 13.2 Å². The van der Waals surface area contributed by atoms with Gasteiger partial charge in [0, 0.05) is 12.6 Å². The Morgan fingerprint density at radius 3 is 2.28 bits per heavy atom. The number of benzene rings is 3. The predicted octanol–water partition coefficient (Wildman–Crippen LogP) is 5.69. The zero-order valence-electron chi connectivity index (χ0n) is 17.7. The molecule has 1 unspecified atom stereocenters. The second-order valence-corrected chi connectivity index (χ2v) is 7.57. The Morgan fingerprint density at radius 1 is 0.828 bits per heavy atom. The Bertz CT molecular complexity index is 875. The van der Waals surface area contributed by atoms with E-state index in [9.17, 15) is 0 Å². The van der Waals surface area contributed by atoms with Gasteiger partial charge < -0.3 is 14.8 Å². The number of hydrogen-bond donors (Lipinski definition) is 1. The number of rotatable bonds is 10. The van der Waals surface area contributed by atoms with E-state index in [2.05, 4.69) is 85.9 Å². The molecule has 0 bridgehead atoms. The average molecular weight is 390 g/mol. The summed E-state index contributed by atoms with van der Waals surface area (Å²) < 4.78 is 11.5. The largest absolute Gasteiger partial charge is 0.493 e. The molecule has 1 atom stereocenters. The number of methoxy groups -OCH3 is 1. The van der Waals surface area contributed by atoms with Crippen molar-refractivity contribution < 1.29 is 9.47 Å². The molecule has 3 nitrogen and oxygen atoms in total. The summed E-state index contributed by atoms with van der Waals surface area (Å²) in [5.41, 5.74) is 4.98. The monoisotopic (exact) mass is 389 g/mol. The fraction of sp³-hybridized carbons (Fsp3) is 0.308. The van der Waals surface area contributed by atoms with Crippen LogP contribution < -0.4 is 14.8 Å². The van der Waals surface area contributed by atoms with Crippen LogP contribution in [0.3, 0.4) is 0 Å². The summed E-state index contributed by atoms with van der Waals surface area (Å²) in [5.74, 6) is 1.54. The maximum atomic E-state index is 5.98. The summed E-state index contributed by atoms with van der Waals surface area (Å²) in [6, 6.07) is 25.6. The summed E-state index contributed by atoms with van der Waals surface area (Å²) in [7, 11) is 1.69. The fourth-order valence-electron chi connectivity index (χ4n) is 3.21. The fourth-order valence-corrected chi connectivity index (χ4v) is 3.21. The molecule has 3 heteroatoms. The molecule has 3 aromatic rings. The summed E-state index contributed by atoms with van der Waals surface area (Å²) in [4.78, 5) is 0. The van der Waals surface area contributed by atoms with E-state index in [1.165, 1.54) is 16.7 Å². The first-order chi connectivity index (χ1) is 14.1. The summed E-state index contributed by atoms with van der Waals surface area (Å²) in [5, 5.41) is 3.61. The minimum Gasteiger partial charge on any atom is -0.493 e. The number of nitrogens with one attached hydrogen (secondary N) is 1. The molecule has 3 aromatic carbocycles. The molecular weight excluding hydrogens is 358 g/mol. The highest BCUT2D eigenvalue weighted by molar-refractivity contribution is 5.43. The zero-order valence-corrected chi connectivity index (χ0v) is 17.7. The molecule has 0 aliphatic heterocycles. The van der Waals surface area contributed by atoms with Crippen LogP contribution in [0.4, 0.5) is 0 Å². The molecule has 0 radical (unpaired) electrons. The van der Waals surface area contributed by atoms with Gasteiger partial charge in [-0.25, -0.2) is 0 Å². The maximum Gasteiger partial charge on any atom is 0.161 e. The third-order valence-electron chi connectivity index (χ3n) is 5.11. The van der Waals surface area contributed by atoms with Crippen molar-refractivity contribution in [2.75, 3.05) is 7.11 Å². The lowest BCUT2D eigenvalue weighted by molar-refractivity contribution is 0.284. The van der Waals surface area contributed by atoms with E-state index in [4.69, 9.17) is 9.47 Å². The second kappa shape index (κ2) is 10.7. The molecule has 0 aromatic heterocycles. The quantitative estimate of drug-likeness (QED) is 0.483. The number of hydrogen-bond acceptors (Lipinski definition) is 3. The Balaban J connectivity index is 1.50. The van der Waals surface area contributed by atoms with Crippen LogP contribution in [0.25, 0.3) is 0 Å². The van der Waals surface area contributed by atoms with Crippen molar-refractivity contribution in [2.24, 2.45) is 0 Å². The first kappa shape index (κ1) is 20.9. The highest BCUT2D eigenvalue weighted by atomic mass is 16.5. The molecule has 0 heterocycles. The Labute approximate surface area is 174 Å². The highest BCUT2D eigenvalue weighted by Crippen LogP contribution is 2.29. The third kappa shape index (κ3) is 6.65. The van der Waals surface area contributed by atoms with Crippen molar-refractivity contribution >= 4 is 0 Å². The van der Waals surface area contributed by atoms with Crippen LogP contribution in [0.5, 0.6) is 11.5 Å². The van der Waals surface area contributed by atoms with Gasteiger partial charge in [-0.05, 0) is 55.5 Å². The van der Waals surface area contributed by atoms with Crippen molar-refractivity contribution in [1.82, 2.24) is 5.32 Å². The van der Waals surface area contributed by atoms with Gasteiger partial charge in [0.2, 0.25) is 0 Å². The molecule has 29 heavy (non-hydrogen) atoms. The lowest BCUT2D eigenvalue weighted by Gasteiger charge is -2.16. The minimum absolute atomic E-state index is 0.443. The molecule has 1 N–H and O–H groups in total. The molecule has 0 aliphatic rings. The Morgan fingerprint density at radius 2 is 1.55 bits per heavy atom. The van der Waals surface area contributed by atoms with Crippen molar-refractivity contribution in [2.45, 2.75) is 45.9 Å². The van der Waals surface area contributed by atoms with Gasteiger partial charge in [-0.15, -0.1) is 0 Å². The first-order valence-corrected chi connectivity index (χ1v) is 10.3. The average Bonchev–Trinajstić information content (AvgIpc) is 2.76. The van der Waals surface area contributed by atoms with Crippen molar-refractivity contribution in [3.63, 3.8) is 0 Å². The van der Waals surface area contributed by atoms with Gasteiger partial charge in [0.15, 0.2) is 11.5 Å². The van der Waals surface area contributed by atoms with E-state index in [1.807, 2.05) is 6.07 Å². The summed E-state index contributed by atoms with van der Waals surface area (Å²) in [6.45, 7) is 5.66. The van der Waals surface area contributed by atoms with Crippen molar-refractivity contribution in [3.8, 4) is 11.5 Å². The standard InChI is InChI=1S/C26H31NO2/c1-20-9-12-23(13-10-20)19-29-25-16-15-24(17-26(25)28-3)18-27-21(2)11-14-22-7-5-4-6-8-22/h4-10,12-13,15-17,21,27H,11,14,18-19H2,1-3H3. The molecule has 0 amide bonds. The van der Waals surface area contributed by atoms with Gasteiger partial charge in [0.05, 0.1) is 7.11 Å². The van der Waals surface area contributed by atoms with Crippen LogP contribution >= 0.6 is 0 Å². The topological polar surface area (TPSA) is 30.5 Å². The van der Waals surface area contributed by atoms with Crippen LogP contribution in [0, 0.1) is 6.92 Å². The minimum atomic E-state index is 0.443. The van der Waals surface area contributed by atoms with Crippen molar-refractivity contribution in [1.29, 1.82) is 0 Å². The normalized spacial score (nSPS) is 11.8. The van der Waals surface area contributed by atoms with E-state index in [-0.39, 0.29) is 0 Å². The van der Waals surface area contributed by atoms with Crippen LogP contribution in [-0.2, 0) is 19.6 Å². The number of ether oxygens (including phenoxy) is 2. The predicted molar refractivity (Wildman–Crippen MR) is 120 cm³/mol. The van der Waals surface area contributed by atoms with E-state index >= 15 is 0 Å².